The molecule has 1 aliphatic heterocycles. The molecule has 3 rings (SSSR count). The molecular formula is C21H20N4O7. The summed E-state index contributed by atoms with van der Waals surface area (Å²) in [5.74, 6) is -1.90. The van der Waals surface area contributed by atoms with Crippen LogP contribution in [0, 0.1) is 17.0 Å². The van der Waals surface area contributed by atoms with Crippen LogP contribution in [-0.2, 0) is 9.59 Å². The summed E-state index contributed by atoms with van der Waals surface area (Å²) >= 11 is 0. The topological polar surface area (TPSA) is 148 Å². The fourth-order valence-corrected chi connectivity index (χ4v) is 2.97. The van der Waals surface area contributed by atoms with Gasteiger partial charge in [0, 0.05) is 25.2 Å². The number of nitrogens with zero attached hydrogens (tertiary/aromatic N) is 2. The lowest BCUT2D eigenvalue weighted by atomic mass is 10.1. The van der Waals surface area contributed by atoms with E-state index in [9.17, 15) is 29.3 Å². The number of ether oxygens (including phenoxy) is 1. The van der Waals surface area contributed by atoms with Crippen LogP contribution in [0.1, 0.15) is 26.3 Å². The summed E-state index contributed by atoms with van der Waals surface area (Å²) in [5, 5.41) is 15.9. The summed E-state index contributed by atoms with van der Waals surface area (Å²) in [6.45, 7) is 1.41. The molecule has 2 N–H and O–H groups in total. The summed E-state index contributed by atoms with van der Waals surface area (Å²) in [6, 6.07) is 10.6. The van der Waals surface area contributed by atoms with Gasteiger partial charge < -0.3 is 15.4 Å². The zero-order valence-electron chi connectivity index (χ0n) is 17.1. The summed E-state index contributed by atoms with van der Waals surface area (Å²) in [6.07, 6.45) is 0. The molecule has 0 aromatic heterocycles. The van der Waals surface area contributed by atoms with Gasteiger partial charge >= 0.3 is 0 Å². The molecule has 11 nitrogen and oxygen atoms in total. The van der Waals surface area contributed by atoms with Crippen molar-refractivity contribution in [2.75, 3.05) is 26.2 Å². The van der Waals surface area contributed by atoms with Gasteiger partial charge in [0.05, 0.1) is 16.1 Å². The van der Waals surface area contributed by atoms with Crippen LogP contribution in [-0.4, -0.2) is 59.7 Å². The molecule has 0 bridgehead atoms. The second kappa shape index (κ2) is 9.69. The molecule has 2 aromatic carbocycles. The Bertz CT molecular complexity index is 1080. The van der Waals surface area contributed by atoms with E-state index in [1.165, 1.54) is 6.07 Å². The van der Waals surface area contributed by atoms with E-state index >= 15 is 0 Å². The van der Waals surface area contributed by atoms with Gasteiger partial charge in [-0.05, 0) is 25.1 Å². The summed E-state index contributed by atoms with van der Waals surface area (Å²) in [4.78, 5) is 59.5. The molecule has 0 saturated heterocycles. The quantitative estimate of drug-likeness (QED) is 0.254. The number of aryl methyl sites for hydroxylation is 1. The number of amides is 4. The van der Waals surface area contributed by atoms with Crippen molar-refractivity contribution in [2.24, 2.45) is 0 Å². The zero-order valence-corrected chi connectivity index (χ0v) is 17.1. The van der Waals surface area contributed by atoms with Crippen molar-refractivity contribution in [2.45, 2.75) is 6.92 Å². The van der Waals surface area contributed by atoms with Gasteiger partial charge in [0.1, 0.15) is 12.3 Å². The van der Waals surface area contributed by atoms with E-state index in [1.54, 1.807) is 12.1 Å². The monoisotopic (exact) mass is 440 g/mol. The zero-order chi connectivity index (χ0) is 23.3. The highest BCUT2D eigenvalue weighted by Gasteiger charge is 2.37. The lowest BCUT2D eigenvalue weighted by Gasteiger charge is -2.14. The Balaban J connectivity index is 1.40. The van der Waals surface area contributed by atoms with E-state index in [-0.39, 0.29) is 42.4 Å². The first-order valence-electron chi connectivity index (χ1n) is 9.64. The predicted molar refractivity (Wildman–Crippen MR) is 111 cm³/mol. The number of nitro groups is 1. The number of imide groups is 1. The maximum Gasteiger partial charge on any atom is 0.270 e. The summed E-state index contributed by atoms with van der Waals surface area (Å²) in [7, 11) is 0. The van der Waals surface area contributed by atoms with Crippen LogP contribution in [0.4, 0.5) is 5.69 Å². The molecule has 0 radical (unpaired) electrons. The Hall–Kier alpha value is -4.28. The Labute approximate surface area is 182 Å². The third kappa shape index (κ3) is 5.25. The molecule has 2 aromatic rings. The van der Waals surface area contributed by atoms with Crippen LogP contribution in [0.2, 0.25) is 0 Å². The van der Waals surface area contributed by atoms with Crippen LogP contribution >= 0.6 is 0 Å². The standard InChI is InChI=1S/C21H20N4O7/c1-13-2-5-15(6-3-13)32-12-19(27)23-9-8-22-18(26)11-24-20(28)16-7-4-14(25(30)31)10-17(16)21(24)29/h2-7,10H,8-9,11-12H2,1H3,(H,22,26)(H,23,27). The van der Waals surface area contributed by atoms with Crippen LogP contribution < -0.4 is 15.4 Å². The molecule has 0 atom stereocenters. The SMILES string of the molecule is Cc1ccc(OCC(=O)NCCNC(=O)CN2C(=O)c3ccc([N+](=O)[O-])cc3C2=O)cc1. The van der Waals surface area contributed by atoms with E-state index in [4.69, 9.17) is 4.74 Å². The molecule has 0 unspecified atom stereocenters. The maximum absolute atomic E-state index is 12.4. The fourth-order valence-electron chi connectivity index (χ4n) is 2.97. The van der Waals surface area contributed by atoms with Crippen molar-refractivity contribution in [3.05, 3.63) is 69.3 Å². The van der Waals surface area contributed by atoms with E-state index in [0.29, 0.717) is 5.75 Å². The summed E-state index contributed by atoms with van der Waals surface area (Å²) in [5.41, 5.74) is 0.644. The Kier molecular flexibility index (Phi) is 6.78. The second-order valence-electron chi connectivity index (χ2n) is 6.99. The number of benzene rings is 2. The molecule has 0 spiro atoms. The van der Waals surface area contributed by atoms with Gasteiger partial charge in [-0.15, -0.1) is 0 Å². The van der Waals surface area contributed by atoms with Crippen molar-refractivity contribution >= 4 is 29.3 Å². The maximum atomic E-state index is 12.4. The lowest BCUT2D eigenvalue weighted by molar-refractivity contribution is -0.384. The number of non-ortho nitro benzene ring substituents is 1. The van der Waals surface area contributed by atoms with Gasteiger partial charge in [-0.1, -0.05) is 17.7 Å². The van der Waals surface area contributed by atoms with Gasteiger partial charge in [0.25, 0.3) is 23.4 Å². The molecule has 0 saturated carbocycles. The van der Waals surface area contributed by atoms with Crippen molar-refractivity contribution in [3.8, 4) is 5.75 Å². The second-order valence-corrected chi connectivity index (χ2v) is 6.99. The number of carbonyl (C=O) groups is 4. The third-order valence-corrected chi connectivity index (χ3v) is 4.63. The van der Waals surface area contributed by atoms with Gasteiger partial charge in [-0.2, -0.15) is 0 Å². The number of fused-ring (bicyclic) bond motifs is 1. The average Bonchev–Trinajstić information content (AvgIpc) is 3.00. The highest BCUT2D eigenvalue weighted by atomic mass is 16.6. The van der Waals surface area contributed by atoms with Crippen LogP contribution in [0.25, 0.3) is 0 Å². The smallest absolute Gasteiger partial charge is 0.270 e. The molecule has 4 amide bonds. The van der Waals surface area contributed by atoms with E-state index in [0.717, 1.165) is 22.6 Å². The van der Waals surface area contributed by atoms with Gasteiger partial charge in [-0.3, -0.25) is 34.2 Å². The number of nitro benzene ring substituents is 1. The molecular weight excluding hydrogens is 420 g/mol. The average molecular weight is 440 g/mol. The minimum Gasteiger partial charge on any atom is -0.484 e. The van der Waals surface area contributed by atoms with Gasteiger partial charge in [0.15, 0.2) is 6.61 Å². The highest BCUT2D eigenvalue weighted by molar-refractivity contribution is 6.22. The Morgan fingerprint density at radius 2 is 1.59 bits per heavy atom. The van der Waals surface area contributed by atoms with Crippen LogP contribution in [0.15, 0.2) is 42.5 Å². The van der Waals surface area contributed by atoms with Crippen molar-refractivity contribution in [1.82, 2.24) is 15.5 Å². The van der Waals surface area contributed by atoms with Crippen LogP contribution in [0.3, 0.4) is 0 Å². The Morgan fingerprint density at radius 3 is 2.25 bits per heavy atom. The van der Waals surface area contributed by atoms with Crippen molar-refractivity contribution in [1.29, 1.82) is 0 Å². The normalized spacial score (nSPS) is 12.3. The molecule has 32 heavy (non-hydrogen) atoms. The molecule has 0 fully saturated rings. The van der Waals surface area contributed by atoms with Crippen molar-refractivity contribution in [3.63, 3.8) is 0 Å². The lowest BCUT2D eigenvalue weighted by Crippen LogP contribution is -2.43. The molecule has 0 aliphatic carbocycles. The number of hydrogen-bond donors (Lipinski definition) is 2. The Morgan fingerprint density at radius 1 is 0.969 bits per heavy atom. The van der Waals surface area contributed by atoms with Crippen LogP contribution in [0.5, 0.6) is 5.75 Å². The molecule has 11 heteroatoms. The number of rotatable bonds is 9. The largest absolute Gasteiger partial charge is 0.484 e. The van der Waals surface area contributed by atoms with E-state index < -0.39 is 29.2 Å². The summed E-state index contributed by atoms with van der Waals surface area (Å²) < 4.78 is 5.34. The minimum atomic E-state index is -0.773. The van der Waals surface area contributed by atoms with Crippen molar-refractivity contribution < 1.29 is 28.8 Å². The third-order valence-electron chi connectivity index (χ3n) is 4.63. The first kappa shape index (κ1) is 22.4. The molecule has 1 aliphatic rings. The first-order valence-corrected chi connectivity index (χ1v) is 9.64. The number of carbonyl (C=O) groups excluding carboxylic acids is 4. The van der Waals surface area contributed by atoms with E-state index in [1.807, 2.05) is 19.1 Å². The highest BCUT2D eigenvalue weighted by Crippen LogP contribution is 2.26. The minimum absolute atomic E-state index is 0.00856. The molecule has 166 valence electrons. The molecule has 1 heterocycles. The first-order chi connectivity index (χ1) is 15.3. The number of nitrogens with one attached hydrogen (secondary N) is 2. The fraction of sp³-hybridized carbons (Fsp3) is 0.238. The van der Waals surface area contributed by atoms with E-state index in [2.05, 4.69) is 10.6 Å². The number of hydrogen-bond acceptors (Lipinski definition) is 7. The van der Waals surface area contributed by atoms with Gasteiger partial charge in [-0.25, -0.2) is 0 Å². The van der Waals surface area contributed by atoms with Gasteiger partial charge in [0.2, 0.25) is 5.91 Å². The predicted octanol–water partition coefficient (Wildman–Crippen LogP) is 0.811.